The maximum atomic E-state index is 9.86. The molecular weight excluding hydrogens is 188 g/mol. The molecule has 0 atom stereocenters. The van der Waals surface area contributed by atoms with Gasteiger partial charge < -0.3 is 10.2 Å². The van der Waals surface area contributed by atoms with E-state index < -0.39 is 0 Å². The summed E-state index contributed by atoms with van der Waals surface area (Å²) in [6.45, 7) is 1.88. The number of hydrogen-bond acceptors (Lipinski definition) is 2. The zero-order chi connectivity index (χ0) is 10.8. The van der Waals surface area contributed by atoms with E-state index in [1.807, 2.05) is 6.92 Å². The molecule has 2 N–H and O–H groups in total. The van der Waals surface area contributed by atoms with Crippen molar-refractivity contribution < 1.29 is 10.2 Å². The number of rotatable bonds is 1. The van der Waals surface area contributed by atoms with Crippen molar-refractivity contribution in [2.45, 2.75) is 44.9 Å². The van der Waals surface area contributed by atoms with Gasteiger partial charge in [0.2, 0.25) is 0 Å². The largest absolute Gasteiger partial charge is 0.508 e. The molecule has 0 spiro atoms. The van der Waals surface area contributed by atoms with Crippen LogP contribution in [0.5, 0.6) is 11.5 Å². The summed E-state index contributed by atoms with van der Waals surface area (Å²) in [6.07, 6.45) is 5.87. The van der Waals surface area contributed by atoms with Crippen LogP contribution in [0, 0.1) is 6.92 Å². The highest BCUT2D eigenvalue weighted by atomic mass is 16.3. The highest BCUT2D eigenvalue weighted by molar-refractivity contribution is 5.48. The van der Waals surface area contributed by atoms with Gasteiger partial charge in [0.05, 0.1) is 0 Å². The first-order valence-corrected chi connectivity index (χ1v) is 5.71. The summed E-state index contributed by atoms with van der Waals surface area (Å²) >= 11 is 0. The van der Waals surface area contributed by atoms with Crippen LogP contribution in [0.25, 0.3) is 0 Å². The lowest BCUT2D eigenvalue weighted by atomic mass is 9.83. The van der Waals surface area contributed by atoms with Crippen molar-refractivity contribution in [3.8, 4) is 11.5 Å². The van der Waals surface area contributed by atoms with Crippen LogP contribution in [0.3, 0.4) is 0 Å². The molecule has 1 aromatic carbocycles. The Morgan fingerprint density at radius 1 is 1.00 bits per heavy atom. The van der Waals surface area contributed by atoms with Gasteiger partial charge >= 0.3 is 0 Å². The van der Waals surface area contributed by atoms with Gasteiger partial charge in [-0.2, -0.15) is 0 Å². The molecule has 0 heterocycles. The molecule has 1 aliphatic rings. The van der Waals surface area contributed by atoms with Gasteiger partial charge in [-0.15, -0.1) is 0 Å². The first-order chi connectivity index (χ1) is 7.18. The lowest BCUT2D eigenvalue weighted by Gasteiger charge is -2.23. The smallest absolute Gasteiger partial charge is 0.123 e. The molecule has 0 bridgehead atoms. The summed E-state index contributed by atoms with van der Waals surface area (Å²) in [5.41, 5.74) is 1.67. The van der Waals surface area contributed by atoms with E-state index in [0.29, 0.717) is 5.92 Å². The Kier molecular flexibility index (Phi) is 2.85. The fourth-order valence-corrected chi connectivity index (χ4v) is 2.57. The second-order valence-corrected chi connectivity index (χ2v) is 4.55. The van der Waals surface area contributed by atoms with E-state index in [4.69, 9.17) is 0 Å². The van der Waals surface area contributed by atoms with Gasteiger partial charge in [0.1, 0.15) is 11.5 Å². The van der Waals surface area contributed by atoms with E-state index in [-0.39, 0.29) is 11.5 Å². The molecule has 0 saturated heterocycles. The number of phenols is 2. The van der Waals surface area contributed by atoms with Crippen LogP contribution in [-0.4, -0.2) is 10.2 Å². The molecule has 0 unspecified atom stereocenters. The predicted octanol–water partition coefficient (Wildman–Crippen LogP) is 3.45. The molecule has 1 fully saturated rings. The molecule has 1 aliphatic carbocycles. The minimum atomic E-state index is 0.263. The minimum absolute atomic E-state index is 0.263. The molecule has 0 amide bonds. The van der Waals surface area contributed by atoms with Crippen LogP contribution >= 0.6 is 0 Å². The molecule has 1 saturated carbocycles. The Hall–Kier alpha value is -1.18. The Morgan fingerprint density at radius 3 is 2.07 bits per heavy atom. The SMILES string of the molecule is Cc1cc(O)c(C2CCCCC2)c(O)c1. The zero-order valence-corrected chi connectivity index (χ0v) is 9.16. The molecule has 82 valence electrons. The van der Waals surface area contributed by atoms with E-state index in [2.05, 4.69) is 0 Å². The van der Waals surface area contributed by atoms with Crippen LogP contribution < -0.4 is 0 Å². The standard InChI is InChI=1S/C13H18O2/c1-9-7-11(14)13(12(15)8-9)10-5-3-2-4-6-10/h7-8,10,14-15H,2-6H2,1H3. The van der Waals surface area contributed by atoms with Crippen LogP contribution in [0.2, 0.25) is 0 Å². The summed E-state index contributed by atoms with van der Waals surface area (Å²) in [5, 5.41) is 19.7. The summed E-state index contributed by atoms with van der Waals surface area (Å²) in [7, 11) is 0. The summed E-state index contributed by atoms with van der Waals surface area (Å²) in [5.74, 6) is 0.873. The van der Waals surface area contributed by atoms with Crippen LogP contribution in [-0.2, 0) is 0 Å². The van der Waals surface area contributed by atoms with Crippen molar-refractivity contribution in [1.82, 2.24) is 0 Å². The Bertz CT molecular complexity index is 329. The van der Waals surface area contributed by atoms with Crippen molar-refractivity contribution >= 4 is 0 Å². The first-order valence-electron chi connectivity index (χ1n) is 5.71. The van der Waals surface area contributed by atoms with Gasteiger partial charge in [0.15, 0.2) is 0 Å². The maximum Gasteiger partial charge on any atom is 0.123 e. The fourth-order valence-electron chi connectivity index (χ4n) is 2.57. The first kappa shape index (κ1) is 10.3. The third kappa shape index (κ3) is 2.09. The van der Waals surface area contributed by atoms with E-state index in [1.165, 1.54) is 19.3 Å². The van der Waals surface area contributed by atoms with Crippen molar-refractivity contribution in [3.63, 3.8) is 0 Å². The van der Waals surface area contributed by atoms with Crippen LogP contribution in [0.15, 0.2) is 12.1 Å². The minimum Gasteiger partial charge on any atom is -0.508 e. The molecule has 0 aliphatic heterocycles. The molecule has 2 rings (SSSR count). The number of aromatic hydroxyl groups is 2. The van der Waals surface area contributed by atoms with Gasteiger partial charge in [0.25, 0.3) is 0 Å². The second-order valence-electron chi connectivity index (χ2n) is 4.55. The van der Waals surface area contributed by atoms with Crippen LogP contribution in [0.1, 0.15) is 49.1 Å². The third-order valence-electron chi connectivity index (χ3n) is 3.29. The topological polar surface area (TPSA) is 40.5 Å². The quantitative estimate of drug-likeness (QED) is 0.738. The predicted molar refractivity (Wildman–Crippen MR) is 60.3 cm³/mol. The van der Waals surface area contributed by atoms with E-state index >= 15 is 0 Å². The highest BCUT2D eigenvalue weighted by Crippen LogP contribution is 2.42. The van der Waals surface area contributed by atoms with Crippen molar-refractivity contribution in [3.05, 3.63) is 23.3 Å². The lowest BCUT2D eigenvalue weighted by molar-refractivity contribution is 0.389. The molecule has 1 aromatic rings. The number of phenolic OH excluding ortho intramolecular Hbond substituents is 2. The van der Waals surface area contributed by atoms with Gasteiger partial charge in [-0.3, -0.25) is 0 Å². The van der Waals surface area contributed by atoms with Crippen molar-refractivity contribution in [2.75, 3.05) is 0 Å². The van der Waals surface area contributed by atoms with E-state index in [0.717, 1.165) is 24.0 Å². The molecular formula is C13H18O2. The summed E-state index contributed by atoms with van der Waals surface area (Å²) in [6, 6.07) is 3.48. The number of hydrogen-bond donors (Lipinski definition) is 2. The molecule has 0 radical (unpaired) electrons. The molecule has 0 aromatic heterocycles. The third-order valence-corrected chi connectivity index (χ3v) is 3.29. The zero-order valence-electron chi connectivity index (χ0n) is 9.16. The van der Waals surface area contributed by atoms with Crippen molar-refractivity contribution in [1.29, 1.82) is 0 Å². The van der Waals surface area contributed by atoms with Crippen LogP contribution in [0.4, 0.5) is 0 Å². The Balaban J connectivity index is 2.33. The normalized spacial score (nSPS) is 17.9. The Morgan fingerprint density at radius 2 is 1.53 bits per heavy atom. The molecule has 15 heavy (non-hydrogen) atoms. The molecule has 2 heteroatoms. The number of aryl methyl sites for hydroxylation is 1. The van der Waals surface area contributed by atoms with Gasteiger partial charge in [0, 0.05) is 5.56 Å². The average molecular weight is 206 g/mol. The monoisotopic (exact) mass is 206 g/mol. The Labute approximate surface area is 90.6 Å². The van der Waals surface area contributed by atoms with Gasteiger partial charge in [-0.1, -0.05) is 19.3 Å². The summed E-state index contributed by atoms with van der Waals surface area (Å²) < 4.78 is 0. The highest BCUT2D eigenvalue weighted by Gasteiger charge is 2.21. The van der Waals surface area contributed by atoms with Gasteiger partial charge in [-0.05, 0) is 43.4 Å². The average Bonchev–Trinajstić information content (AvgIpc) is 2.17. The van der Waals surface area contributed by atoms with Crippen molar-refractivity contribution in [2.24, 2.45) is 0 Å². The fraction of sp³-hybridized carbons (Fsp3) is 0.538. The second kappa shape index (κ2) is 4.13. The summed E-state index contributed by atoms with van der Waals surface area (Å²) in [4.78, 5) is 0. The maximum absolute atomic E-state index is 9.86. The lowest BCUT2D eigenvalue weighted by Crippen LogP contribution is -2.05. The molecule has 2 nitrogen and oxygen atoms in total. The van der Waals surface area contributed by atoms with E-state index in [9.17, 15) is 10.2 Å². The van der Waals surface area contributed by atoms with Gasteiger partial charge in [-0.25, -0.2) is 0 Å². The van der Waals surface area contributed by atoms with E-state index in [1.54, 1.807) is 12.1 Å². The number of benzene rings is 1.